The van der Waals surface area contributed by atoms with Crippen LogP contribution in [-0.2, 0) is 32.6 Å². The molecule has 0 atom stereocenters. The number of anilines is 2. The summed E-state index contributed by atoms with van der Waals surface area (Å²) in [5.74, 6) is -1.06. The molecule has 0 radical (unpaired) electrons. The Bertz CT molecular complexity index is 1090. The van der Waals surface area contributed by atoms with Gasteiger partial charge in [-0.2, -0.15) is 11.3 Å². The lowest BCUT2D eigenvalue weighted by atomic mass is 9.96. The number of amides is 2. The summed E-state index contributed by atoms with van der Waals surface area (Å²) < 4.78 is 25.5. The smallest absolute Gasteiger partial charge is 0.313 e. The molecule has 8 nitrogen and oxygen atoms in total. The Hall–Kier alpha value is -2.43. The Kier molecular flexibility index (Phi) is 7.35. The Morgan fingerprint density at radius 2 is 1.91 bits per heavy atom. The van der Waals surface area contributed by atoms with Crippen LogP contribution in [0.25, 0.3) is 0 Å². The SMILES string of the molecule is CS(=O)(=O)N1CCCc2ccc(NC(=O)C(=O)NCC3CCN(Cc4ccsc4)CC3)cc21. The van der Waals surface area contributed by atoms with E-state index in [4.69, 9.17) is 0 Å². The fourth-order valence-corrected chi connectivity index (χ4v) is 6.11. The first-order valence-electron chi connectivity index (χ1n) is 11.2. The summed E-state index contributed by atoms with van der Waals surface area (Å²) >= 11 is 1.71. The Balaban J connectivity index is 1.26. The van der Waals surface area contributed by atoms with Crippen molar-refractivity contribution in [2.75, 3.05) is 42.1 Å². The number of carbonyl (C=O) groups excluding carboxylic acids is 2. The summed E-state index contributed by atoms with van der Waals surface area (Å²) in [6.07, 6.45) is 4.67. The van der Waals surface area contributed by atoms with Gasteiger partial charge in [-0.1, -0.05) is 6.07 Å². The van der Waals surface area contributed by atoms with Crippen LogP contribution < -0.4 is 14.9 Å². The number of hydrogen-bond donors (Lipinski definition) is 2. The van der Waals surface area contributed by atoms with E-state index in [0.717, 1.165) is 50.9 Å². The van der Waals surface area contributed by atoms with Crippen LogP contribution in [-0.4, -0.2) is 57.6 Å². The second kappa shape index (κ2) is 10.2. The summed E-state index contributed by atoms with van der Waals surface area (Å²) in [6, 6.07) is 7.30. The fraction of sp³-hybridized carbons (Fsp3) is 0.478. The zero-order chi connectivity index (χ0) is 23.4. The zero-order valence-corrected chi connectivity index (χ0v) is 20.4. The van der Waals surface area contributed by atoms with E-state index in [1.807, 2.05) is 6.07 Å². The van der Waals surface area contributed by atoms with Gasteiger partial charge in [0.2, 0.25) is 10.0 Å². The summed E-state index contributed by atoms with van der Waals surface area (Å²) in [5, 5.41) is 9.62. The molecule has 0 unspecified atom stereocenters. The molecule has 2 amide bonds. The second-order valence-corrected chi connectivity index (χ2v) is 11.5. The molecule has 0 aliphatic carbocycles. The van der Waals surface area contributed by atoms with Gasteiger partial charge in [0.05, 0.1) is 11.9 Å². The monoisotopic (exact) mass is 490 g/mol. The van der Waals surface area contributed by atoms with E-state index in [-0.39, 0.29) is 0 Å². The molecule has 3 heterocycles. The minimum Gasteiger partial charge on any atom is -0.348 e. The van der Waals surface area contributed by atoms with E-state index in [0.29, 0.717) is 30.4 Å². The molecule has 0 spiro atoms. The number of nitrogens with one attached hydrogen (secondary N) is 2. The number of thiophene rings is 1. The number of carbonyl (C=O) groups is 2. The summed E-state index contributed by atoms with van der Waals surface area (Å²) in [7, 11) is -3.40. The molecule has 10 heteroatoms. The van der Waals surface area contributed by atoms with E-state index >= 15 is 0 Å². The van der Waals surface area contributed by atoms with Gasteiger partial charge in [0, 0.05) is 25.3 Å². The predicted octanol–water partition coefficient (Wildman–Crippen LogP) is 2.43. The van der Waals surface area contributed by atoms with Crippen molar-refractivity contribution in [1.82, 2.24) is 10.2 Å². The third-order valence-corrected chi connectivity index (χ3v) is 8.18. The molecule has 2 aromatic rings. The molecule has 2 N–H and O–H groups in total. The Morgan fingerprint density at radius 1 is 1.12 bits per heavy atom. The van der Waals surface area contributed by atoms with Gasteiger partial charge < -0.3 is 10.6 Å². The Labute approximate surface area is 199 Å². The van der Waals surface area contributed by atoms with Crippen LogP contribution in [0.3, 0.4) is 0 Å². The average Bonchev–Trinajstić information content (AvgIpc) is 3.30. The van der Waals surface area contributed by atoms with Crippen LogP contribution in [0.1, 0.15) is 30.4 Å². The van der Waals surface area contributed by atoms with Crippen molar-refractivity contribution in [3.8, 4) is 0 Å². The standard InChI is InChI=1S/C23H30N4O4S2/c1-33(30,31)27-9-2-3-19-4-5-20(13-21(19)27)25-23(29)22(28)24-14-17-6-10-26(11-7-17)15-18-8-12-32-16-18/h4-5,8,12-13,16-17H,2-3,6-7,9-11,14-15H2,1H3,(H,24,28)(H,25,29). The van der Waals surface area contributed by atoms with Gasteiger partial charge in [0.15, 0.2) is 0 Å². The number of rotatable bonds is 6. The number of fused-ring (bicyclic) bond motifs is 1. The highest BCUT2D eigenvalue weighted by Crippen LogP contribution is 2.31. The summed E-state index contributed by atoms with van der Waals surface area (Å²) in [5.41, 5.74) is 3.23. The summed E-state index contributed by atoms with van der Waals surface area (Å²) in [4.78, 5) is 27.2. The van der Waals surface area contributed by atoms with E-state index in [9.17, 15) is 18.0 Å². The van der Waals surface area contributed by atoms with Crippen LogP contribution >= 0.6 is 11.3 Å². The maximum atomic E-state index is 12.4. The highest BCUT2D eigenvalue weighted by molar-refractivity contribution is 7.92. The second-order valence-electron chi connectivity index (χ2n) is 8.80. The van der Waals surface area contributed by atoms with Crippen LogP contribution in [0.2, 0.25) is 0 Å². The Morgan fingerprint density at radius 3 is 2.61 bits per heavy atom. The van der Waals surface area contributed by atoms with Crippen LogP contribution in [0, 0.1) is 5.92 Å². The predicted molar refractivity (Wildman–Crippen MR) is 131 cm³/mol. The van der Waals surface area contributed by atoms with Crippen LogP contribution in [0.15, 0.2) is 35.0 Å². The van der Waals surface area contributed by atoms with Crippen molar-refractivity contribution < 1.29 is 18.0 Å². The molecule has 178 valence electrons. The van der Waals surface area contributed by atoms with Crippen molar-refractivity contribution in [3.63, 3.8) is 0 Å². The van der Waals surface area contributed by atoms with Gasteiger partial charge >= 0.3 is 11.8 Å². The maximum Gasteiger partial charge on any atom is 0.313 e. The molecule has 4 rings (SSSR count). The van der Waals surface area contributed by atoms with Gasteiger partial charge in [-0.3, -0.25) is 18.8 Å². The van der Waals surface area contributed by atoms with Gasteiger partial charge in [0.1, 0.15) is 0 Å². The molecule has 0 bridgehead atoms. The molecule has 1 fully saturated rings. The lowest BCUT2D eigenvalue weighted by molar-refractivity contribution is -0.136. The number of hydrogen-bond acceptors (Lipinski definition) is 6. The summed E-state index contributed by atoms with van der Waals surface area (Å²) in [6.45, 7) is 3.81. The van der Waals surface area contributed by atoms with Crippen LogP contribution in [0.4, 0.5) is 11.4 Å². The molecular weight excluding hydrogens is 460 g/mol. The van der Waals surface area contributed by atoms with E-state index < -0.39 is 21.8 Å². The molecule has 1 saturated heterocycles. The number of aryl methyl sites for hydroxylation is 1. The third-order valence-electron chi connectivity index (χ3n) is 6.27. The molecule has 33 heavy (non-hydrogen) atoms. The van der Waals surface area contributed by atoms with E-state index in [1.165, 1.54) is 16.1 Å². The minimum absolute atomic E-state index is 0.354. The molecule has 1 aromatic carbocycles. The third kappa shape index (κ3) is 6.13. The van der Waals surface area contributed by atoms with Crippen LogP contribution in [0.5, 0.6) is 0 Å². The number of piperidine rings is 1. The maximum absolute atomic E-state index is 12.4. The zero-order valence-electron chi connectivity index (χ0n) is 18.7. The number of sulfonamides is 1. The first-order valence-corrected chi connectivity index (χ1v) is 14.0. The van der Waals surface area contributed by atoms with E-state index in [2.05, 4.69) is 32.4 Å². The van der Waals surface area contributed by atoms with Gasteiger partial charge in [-0.25, -0.2) is 8.42 Å². The van der Waals surface area contributed by atoms with Crippen molar-refractivity contribution in [1.29, 1.82) is 0 Å². The highest BCUT2D eigenvalue weighted by atomic mass is 32.2. The highest BCUT2D eigenvalue weighted by Gasteiger charge is 2.25. The van der Waals surface area contributed by atoms with Crippen molar-refractivity contribution in [2.24, 2.45) is 5.92 Å². The largest absolute Gasteiger partial charge is 0.348 e. The first kappa shape index (κ1) is 23.7. The molecule has 2 aliphatic rings. The fourth-order valence-electron chi connectivity index (χ4n) is 4.46. The number of likely N-dealkylation sites (tertiary alicyclic amines) is 1. The van der Waals surface area contributed by atoms with Gasteiger partial charge in [0.25, 0.3) is 0 Å². The first-order chi connectivity index (χ1) is 15.8. The van der Waals surface area contributed by atoms with Gasteiger partial charge in [-0.15, -0.1) is 0 Å². The minimum atomic E-state index is -3.40. The molecule has 1 aromatic heterocycles. The van der Waals surface area contributed by atoms with Crippen molar-refractivity contribution in [2.45, 2.75) is 32.2 Å². The van der Waals surface area contributed by atoms with Crippen molar-refractivity contribution >= 4 is 44.5 Å². The van der Waals surface area contributed by atoms with Gasteiger partial charge in [-0.05, 0) is 84.8 Å². The normalized spacial score (nSPS) is 17.4. The van der Waals surface area contributed by atoms with Crippen molar-refractivity contribution in [3.05, 3.63) is 46.2 Å². The lowest BCUT2D eigenvalue weighted by Gasteiger charge is -2.31. The number of nitrogens with zero attached hydrogens (tertiary/aromatic N) is 2. The molecule has 0 saturated carbocycles. The quantitative estimate of drug-likeness (QED) is 0.606. The molecule has 2 aliphatic heterocycles. The lowest BCUT2D eigenvalue weighted by Crippen LogP contribution is -2.41. The topological polar surface area (TPSA) is 98.8 Å². The number of benzene rings is 1. The van der Waals surface area contributed by atoms with E-state index in [1.54, 1.807) is 23.5 Å². The average molecular weight is 491 g/mol. The molecular formula is C23H30N4O4S2.